The predicted molar refractivity (Wildman–Crippen MR) is 52.2 cm³/mol. The summed E-state index contributed by atoms with van der Waals surface area (Å²) in [5.74, 6) is 1.07. The molecular weight excluding hydrogens is 146 g/mol. The van der Waals surface area contributed by atoms with E-state index >= 15 is 0 Å². The molecule has 1 saturated heterocycles. The summed E-state index contributed by atoms with van der Waals surface area (Å²) < 4.78 is 0. The molecule has 1 aliphatic carbocycles. The largest absolute Gasteiger partial charge is 0.300 e. The third-order valence-corrected chi connectivity index (χ3v) is 4.00. The van der Waals surface area contributed by atoms with E-state index in [-0.39, 0.29) is 0 Å². The van der Waals surface area contributed by atoms with Crippen molar-refractivity contribution in [2.24, 2.45) is 11.3 Å². The van der Waals surface area contributed by atoms with Gasteiger partial charge in [0.15, 0.2) is 0 Å². The second-order valence-corrected chi connectivity index (χ2v) is 4.99. The third kappa shape index (κ3) is 1.19. The van der Waals surface area contributed by atoms with Gasteiger partial charge in [-0.2, -0.15) is 0 Å². The van der Waals surface area contributed by atoms with Crippen LogP contribution in [0.3, 0.4) is 0 Å². The zero-order valence-corrected chi connectivity index (χ0v) is 8.64. The summed E-state index contributed by atoms with van der Waals surface area (Å²) >= 11 is 0. The zero-order valence-electron chi connectivity index (χ0n) is 8.64. The first-order valence-electron chi connectivity index (χ1n) is 5.42. The number of hydrogen-bond acceptors (Lipinski definition) is 1. The molecule has 2 fully saturated rings. The Hall–Kier alpha value is -0.0400. The van der Waals surface area contributed by atoms with Crippen molar-refractivity contribution in [2.45, 2.75) is 46.1 Å². The van der Waals surface area contributed by atoms with Gasteiger partial charge in [-0.3, -0.25) is 0 Å². The minimum atomic E-state index is 0.766. The first kappa shape index (κ1) is 8.55. The molecular formula is C11H21N. The van der Waals surface area contributed by atoms with Crippen molar-refractivity contribution in [1.82, 2.24) is 4.90 Å². The molecule has 2 aliphatic rings. The van der Waals surface area contributed by atoms with Crippen molar-refractivity contribution in [3.8, 4) is 0 Å². The molecule has 0 N–H and O–H groups in total. The predicted octanol–water partition coefficient (Wildman–Crippen LogP) is 2.52. The van der Waals surface area contributed by atoms with Gasteiger partial charge >= 0.3 is 0 Å². The highest BCUT2D eigenvalue weighted by Crippen LogP contribution is 2.60. The summed E-state index contributed by atoms with van der Waals surface area (Å²) in [4.78, 5) is 2.65. The van der Waals surface area contributed by atoms with E-state index in [1.807, 2.05) is 0 Å². The Kier molecular flexibility index (Phi) is 1.95. The lowest BCUT2D eigenvalue weighted by Crippen LogP contribution is -2.28. The number of nitrogens with zero attached hydrogens (tertiary/aromatic N) is 1. The maximum Gasteiger partial charge on any atom is 0.00439 e. The smallest absolute Gasteiger partial charge is 0.00439 e. The van der Waals surface area contributed by atoms with E-state index in [1.165, 1.54) is 32.4 Å². The van der Waals surface area contributed by atoms with Gasteiger partial charge in [-0.1, -0.05) is 13.3 Å². The van der Waals surface area contributed by atoms with Crippen LogP contribution in [0.1, 0.15) is 40.0 Å². The van der Waals surface area contributed by atoms with Crippen LogP contribution in [0, 0.1) is 11.3 Å². The van der Waals surface area contributed by atoms with Crippen LogP contribution in [0.5, 0.6) is 0 Å². The molecule has 70 valence electrons. The quantitative estimate of drug-likeness (QED) is 0.611. The van der Waals surface area contributed by atoms with Crippen molar-refractivity contribution in [3.05, 3.63) is 0 Å². The normalized spacial score (nSPS) is 41.5. The fraction of sp³-hybridized carbons (Fsp3) is 1.00. The highest BCUT2D eigenvalue weighted by atomic mass is 15.2. The van der Waals surface area contributed by atoms with Crippen molar-refractivity contribution in [3.63, 3.8) is 0 Å². The Morgan fingerprint density at radius 2 is 2.25 bits per heavy atom. The Balaban J connectivity index is 1.91. The number of likely N-dealkylation sites (tertiary alicyclic amines) is 1. The van der Waals surface area contributed by atoms with Gasteiger partial charge < -0.3 is 4.90 Å². The van der Waals surface area contributed by atoms with Crippen LogP contribution in [-0.4, -0.2) is 24.0 Å². The van der Waals surface area contributed by atoms with Gasteiger partial charge in [0.1, 0.15) is 0 Å². The fourth-order valence-electron chi connectivity index (χ4n) is 2.88. The Bertz CT molecular complexity index is 176. The van der Waals surface area contributed by atoms with E-state index in [9.17, 15) is 0 Å². The molecule has 2 atom stereocenters. The van der Waals surface area contributed by atoms with Crippen molar-refractivity contribution >= 4 is 0 Å². The molecule has 2 rings (SSSR count). The molecule has 1 heteroatoms. The van der Waals surface area contributed by atoms with E-state index in [2.05, 4.69) is 25.7 Å². The Morgan fingerprint density at radius 3 is 2.67 bits per heavy atom. The molecule has 12 heavy (non-hydrogen) atoms. The van der Waals surface area contributed by atoms with Crippen LogP contribution >= 0.6 is 0 Å². The molecule has 0 unspecified atom stereocenters. The molecule has 0 aromatic heterocycles. The molecule has 0 bridgehead atoms. The van der Waals surface area contributed by atoms with Gasteiger partial charge in [0, 0.05) is 12.6 Å². The molecule has 1 nitrogen and oxygen atoms in total. The maximum atomic E-state index is 2.65. The van der Waals surface area contributed by atoms with E-state index in [0.29, 0.717) is 0 Å². The topological polar surface area (TPSA) is 3.24 Å². The van der Waals surface area contributed by atoms with Crippen LogP contribution in [0.15, 0.2) is 0 Å². The first-order valence-corrected chi connectivity index (χ1v) is 5.42. The van der Waals surface area contributed by atoms with E-state index in [0.717, 1.165) is 17.4 Å². The van der Waals surface area contributed by atoms with Gasteiger partial charge in [-0.05, 0) is 44.6 Å². The van der Waals surface area contributed by atoms with E-state index < -0.39 is 0 Å². The summed E-state index contributed by atoms with van der Waals surface area (Å²) in [5.41, 5.74) is 0.791. The molecule has 1 saturated carbocycles. The summed E-state index contributed by atoms with van der Waals surface area (Å²) in [6.45, 7) is 9.74. The highest BCUT2D eigenvalue weighted by Gasteiger charge is 2.55. The van der Waals surface area contributed by atoms with Crippen LogP contribution in [0.4, 0.5) is 0 Å². The number of rotatable bonds is 2. The van der Waals surface area contributed by atoms with Crippen molar-refractivity contribution in [2.75, 3.05) is 13.1 Å². The monoisotopic (exact) mass is 167 g/mol. The van der Waals surface area contributed by atoms with Crippen LogP contribution < -0.4 is 0 Å². The third-order valence-electron chi connectivity index (χ3n) is 4.00. The van der Waals surface area contributed by atoms with Crippen LogP contribution in [0.25, 0.3) is 0 Å². The summed E-state index contributed by atoms with van der Waals surface area (Å²) in [6.07, 6.45) is 4.41. The molecule has 0 aromatic rings. The number of hydrogen-bond donors (Lipinski definition) is 0. The minimum Gasteiger partial charge on any atom is -0.300 e. The lowest BCUT2D eigenvalue weighted by Gasteiger charge is -2.20. The first-order chi connectivity index (χ1) is 5.68. The summed E-state index contributed by atoms with van der Waals surface area (Å²) in [6, 6.07) is 0.766. The average molecular weight is 167 g/mol. The van der Waals surface area contributed by atoms with Gasteiger partial charge in [0.25, 0.3) is 0 Å². The van der Waals surface area contributed by atoms with Crippen molar-refractivity contribution in [1.29, 1.82) is 0 Å². The molecule has 1 aliphatic heterocycles. The maximum absolute atomic E-state index is 2.65. The van der Waals surface area contributed by atoms with E-state index in [1.54, 1.807) is 0 Å². The van der Waals surface area contributed by atoms with Gasteiger partial charge in [0.2, 0.25) is 0 Å². The second-order valence-electron chi connectivity index (χ2n) is 4.99. The molecule has 1 spiro atoms. The fourth-order valence-corrected chi connectivity index (χ4v) is 2.88. The SMILES string of the molecule is CC[C@H]1C[C@]12CCN(C(C)C)C2. The minimum absolute atomic E-state index is 0.766. The van der Waals surface area contributed by atoms with Gasteiger partial charge in [-0.15, -0.1) is 0 Å². The Labute approximate surface area is 76.1 Å². The highest BCUT2D eigenvalue weighted by molar-refractivity contribution is 5.07. The lowest BCUT2D eigenvalue weighted by atomic mass is 10.0. The van der Waals surface area contributed by atoms with Crippen LogP contribution in [-0.2, 0) is 0 Å². The van der Waals surface area contributed by atoms with Crippen molar-refractivity contribution < 1.29 is 0 Å². The van der Waals surface area contributed by atoms with E-state index in [4.69, 9.17) is 0 Å². The van der Waals surface area contributed by atoms with Gasteiger partial charge in [-0.25, -0.2) is 0 Å². The molecule has 1 heterocycles. The second kappa shape index (κ2) is 2.73. The summed E-state index contributed by atoms with van der Waals surface area (Å²) in [7, 11) is 0. The molecule has 0 aromatic carbocycles. The van der Waals surface area contributed by atoms with Gasteiger partial charge in [0.05, 0.1) is 0 Å². The lowest BCUT2D eigenvalue weighted by molar-refractivity contribution is 0.257. The zero-order chi connectivity index (χ0) is 8.77. The van der Waals surface area contributed by atoms with Crippen LogP contribution in [0.2, 0.25) is 0 Å². The molecule has 0 radical (unpaired) electrons. The Morgan fingerprint density at radius 1 is 1.50 bits per heavy atom. The molecule has 0 amide bonds. The average Bonchev–Trinajstić information content (AvgIpc) is 2.50. The standard InChI is InChI=1S/C11H21N/c1-4-10-7-11(10)5-6-12(8-11)9(2)3/h9-10H,4-8H2,1-3H3/t10-,11-/m0/s1. The summed E-state index contributed by atoms with van der Waals surface area (Å²) in [5, 5.41) is 0.